The molecule has 0 heterocycles. The fourth-order valence-electron chi connectivity index (χ4n) is 1.68. The summed E-state index contributed by atoms with van der Waals surface area (Å²) in [7, 11) is -2.86. The quantitative estimate of drug-likeness (QED) is 0.419. The van der Waals surface area contributed by atoms with Crippen LogP contribution in [0.15, 0.2) is 0 Å². The summed E-state index contributed by atoms with van der Waals surface area (Å²) < 4.78 is 23.0. The highest BCUT2D eigenvalue weighted by molar-refractivity contribution is 7.54. The first-order valence-corrected chi connectivity index (χ1v) is 8.10. The van der Waals surface area contributed by atoms with Crippen LogP contribution in [0.25, 0.3) is 0 Å². The van der Waals surface area contributed by atoms with Crippen molar-refractivity contribution in [1.29, 1.82) is 0 Å². The van der Waals surface area contributed by atoms with Gasteiger partial charge in [0.05, 0.1) is 18.9 Å². The third kappa shape index (κ3) is 6.03. The first kappa shape index (κ1) is 16.1. The summed E-state index contributed by atoms with van der Waals surface area (Å²) in [6.07, 6.45) is 5.72. The van der Waals surface area contributed by atoms with Crippen molar-refractivity contribution in [2.75, 3.05) is 13.2 Å². The number of hydrogen-bond acceptors (Lipinski definition) is 3. The lowest BCUT2D eigenvalue weighted by Gasteiger charge is -2.23. The standard InChI is InChI=1S/C12H27O3P/c1-5-8-9-10-11-12(4)16(13,14-6-2)15-7-3/h12H,5-11H2,1-4H3. The molecule has 0 aliphatic rings. The molecule has 0 fully saturated rings. The molecule has 3 nitrogen and oxygen atoms in total. The minimum absolute atomic E-state index is 0.0178. The van der Waals surface area contributed by atoms with Crippen molar-refractivity contribution in [3.05, 3.63) is 0 Å². The molecule has 16 heavy (non-hydrogen) atoms. The topological polar surface area (TPSA) is 35.5 Å². The second-order valence-electron chi connectivity index (χ2n) is 4.07. The van der Waals surface area contributed by atoms with Crippen LogP contribution in [0.2, 0.25) is 0 Å². The normalized spacial score (nSPS) is 14.0. The van der Waals surface area contributed by atoms with Crippen molar-refractivity contribution in [3.8, 4) is 0 Å². The first-order valence-electron chi connectivity index (χ1n) is 6.49. The largest absolute Gasteiger partial charge is 0.333 e. The highest BCUT2D eigenvalue weighted by Crippen LogP contribution is 2.54. The molecule has 0 amide bonds. The maximum atomic E-state index is 12.3. The van der Waals surface area contributed by atoms with E-state index in [1.54, 1.807) is 0 Å². The maximum absolute atomic E-state index is 12.3. The Morgan fingerprint density at radius 3 is 2.00 bits per heavy atom. The van der Waals surface area contributed by atoms with Crippen LogP contribution >= 0.6 is 7.60 Å². The van der Waals surface area contributed by atoms with Crippen LogP contribution in [0.4, 0.5) is 0 Å². The molecule has 0 rings (SSSR count). The van der Waals surface area contributed by atoms with Gasteiger partial charge in [0.15, 0.2) is 0 Å². The zero-order chi connectivity index (χ0) is 12.4. The summed E-state index contributed by atoms with van der Waals surface area (Å²) in [6.45, 7) is 8.78. The van der Waals surface area contributed by atoms with Gasteiger partial charge in [0.1, 0.15) is 0 Å². The fourth-order valence-corrected chi connectivity index (χ4v) is 3.48. The number of unbranched alkanes of at least 4 members (excludes halogenated alkanes) is 3. The molecule has 0 aromatic carbocycles. The van der Waals surface area contributed by atoms with Gasteiger partial charge in [-0.15, -0.1) is 0 Å². The molecular formula is C12H27O3P. The van der Waals surface area contributed by atoms with Crippen LogP contribution in [0.3, 0.4) is 0 Å². The van der Waals surface area contributed by atoms with E-state index >= 15 is 0 Å². The van der Waals surface area contributed by atoms with Crippen LogP contribution in [0, 0.1) is 0 Å². The zero-order valence-corrected chi connectivity index (χ0v) is 12.1. The van der Waals surface area contributed by atoms with Crippen LogP contribution in [0.5, 0.6) is 0 Å². The summed E-state index contributed by atoms with van der Waals surface area (Å²) in [4.78, 5) is 0. The van der Waals surface area contributed by atoms with Crippen molar-refractivity contribution >= 4 is 7.60 Å². The molecule has 0 N–H and O–H groups in total. The molecule has 0 aromatic rings. The molecule has 0 spiro atoms. The van der Waals surface area contributed by atoms with Gasteiger partial charge in [-0.3, -0.25) is 4.57 Å². The summed E-state index contributed by atoms with van der Waals surface area (Å²) in [6, 6.07) is 0. The Balaban J connectivity index is 4.06. The second-order valence-corrected chi connectivity index (χ2v) is 6.55. The minimum atomic E-state index is -2.86. The Labute approximate surface area is 100 Å². The maximum Gasteiger partial charge on any atom is 0.333 e. The van der Waals surface area contributed by atoms with Gasteiger partial charge in [0.2, 0.25) is 0 Å². The molecule has 98 valence electrons. The SMILES string of the molecule is CCCCCCC(C)P(=O)(OCC)OCC. The number of hydrogen-bond donors (Lipinski definition) is 0. The molecule has 1 unspecified atom stereocenters. The molecular weight excluding hydrogens is 223 g/mol. The molecule has 1 atom stereocenters. The van der Waals surface area contributed by atoms with Gasteiger partial charge in [-0.25, -0.2) is 0 Å². The van der Waals surface area contributed by atoms with Gasteiger partial charge in [0.25, 0.3) is 0 Å². The predicted molar refractivity (Wildman–Crippen MR) is 69.1 cm³/mol. The van der Waals surface area contributed by atoms with Crippen LogP contribution in [0.1, 0.15) is 59.8 Å². The predicted octanol–water partition coefficient (Wildman–Crippen LogP) is 4.61. The molecule has 0 aromatic heterocycles. The second kappa shape index (κ2) is 9.21. The van der Waals surface area contributed by atoms with E-state index in [1.807, 2.05) is 20.8 Å². The Morgan fingerprint density at radius 1 is 1.00 bits per heavy atom. The van der Waals surface area contributed by atoms with Gasteiger partial charge >= 0.3 is 7.60 Å². The van der Waals surface area contributed by atoms with E-state index in [2.05, 4.69) is 6.92 Å². The average Bonchev–Trinajstić information content (AvgIpc) is 2.24. The van der Waals surface area contributed by atoms with Gasteiger partial charge in [-0.05, 0) is 20.3 Å². The third-order valence-electron chi connectivity index (χ3n) is 2.63. The molecule has 0 bridgehead atoms. The van der Waals surface area contributed by atoms with Crippen LogP contribution in [-0.4, -0.2) is 18.9 Å². The average molecular weight is 250 g/mol. The van der Waals surface area contributed by atoms with Crippen LogP contribution < -0.4 is 0 Å². The van der Waals surface area contributed by atoms with Crippen molar-refractivity contribution in [2.24, 2.45) is 0 Å². The van der Waals surface area contributed by atoms with E-state index in [0.29, 0.717) is 13.2 Å². The van der Waals surface area contributed by atoms with Crippen molar-refractivity contribution in [1.82, 2.24) is 0 Å². The summed E-state index contributed by atoms with van der Waals surface area (Å²) >= 11 is 0. The first-order chi connectivity index (χ1) is 7.60. The van der Waals surface area contributed by atoms with Crippen molar-refractivity contribution in [2.45, 2.75) is 65.5 Å². The molecule has 0 saturated heterocycles. The summed E-state index contributed by atoms with van der Waals surface area (Å²) in [5.41, 5.74) is 0.0178. The van der Waals surface area contributed by atoms with Gasteiger partial charge in [-0.2, -0.15) is 0 Å². The van der Waals surface area contributed by atoms with E-state index < -0.39 is 7.60 Å². The van der Waals surface area contributed by atoms with Crippen LogP contribution in [-0.2, 0) is 13.6 Å². The van der Waals surface area contributed by atoms with E-state index in [0.717, 1.165) is 12.8 Å². The third-order valence-corrected chi connectivity index (χ3v) is 5.21. The van der Waals surface area contributed by atoms with Crippen molar-refractivity contribution < 1.29 is 13.6 Å². The van der Waals surface area contributed by atoms with Gasteiger partial charge < -0.3 is 9.05 Å². The van der Waals surface area contributed by atoms with E-state index in [4.69, 9.17) is 9.05 Å². The zero-order valence-electron chi connectivity index (χ0n) is 11.2. The van der Waals surface area contributed by atoms with Crippen molar-refractivity contribution in [3.63, 3.8) is 0 Å². The Bertz CT molecular complexity index is 196. The van der Waals surface area contributed by atoms with E-state index in [9.17, 15) is 4.57 Å². The van der Waals surface area contributed by atoms with Gasteiger partial charge in [0, 0.05) is 0 Å². The molecule has 0 aliphatic carbocycles. The molecule has 0 radical (unpaired) electrons. The lowest BCUT2D eigenvalue weighted by Crippen LogP contribution is -2.09. The lowest BCUT2D eigenvalue weighted by atomic mass is 10.1. The monoisotopic (exact) mass is 250 g/mol. The smallest absolute Gasteiger partial charge is 0.309 e. The molecule has 4 heteroatoms. The van der Waals surface area contributed by atoms with Gasteiger partial charge in [-0.1, -0.05) is 39.5 Å². The Hall–Kier alpha value is 0.150. The highest BCUT2D eigenvalue weighted by Gasteiger charge is 2.30. The lowest BCUT2D eigenvalue weighted by molar-refractivity contribution is 0.211. The Kier molecular flexibility index (Phi) is 9.29. The summed E-state index contributed by atoms with van der Waals surface area (Å²) in [5, 5.41) is 0. The minimum Gasteiger partial charge on any atom is -0.309 e. The fraction of sp³-hybridized carbons (Fsp3) is 1.00. The molecule has 0 aliphatic heterocycles. The Morgan fingerprint density at radius 2 is 1.56 bits per heavy atom. The summed E-state index contributed by atoms with van der Waals surface area (Å²) in [5.74, 6) is 0. The van der Waals surface area contributed by atoms with E-state index in [-0.39, 0.29) is 5.66 Å². The highest BCUT2D eigenvalue weighted by atomic mass is 31.2. The van der Waals surface area contributed by atoms with E-state index in [1.165, 1.54) is 19.3 Å². The number of rotatable bonds is 10. The molecule has 0 saturated carbocycles.